The summed E-state index contributed by atoms with van der Waals surface area (Å²) in [5.41, 5.74) is 6.86. The summed E-state index contributed by atoms with van der Waals surface area (Å²) in [6, 6.07) is 39.4. The first kappa shape index (κ1) is 56.2. The van der Waals surface area contributed by atoms with Gasteiger partial charge in [-0.2, -0.15) is 31.8 Å². The van der Waals surface area contributed by atoms with Crippen LogP contribution in [0.2, 0.25) is 0 Å². The number of rotatable bonds is 12. The fourth-order valence-corrected chi connectivity index (χ4v) is 10.2. The molecule has 7 heterocycles. The molecule has 5 N–H and O–H groups in total. The average molecular weight is 1180 g/mol. The van der Waals surface area contributed by atoms with Crippen LogP contribution in [0.1, 0.15) is 30.8 Å². The van der Waals surface area contributed by atoms with Crippen molar-refractivity contribution in [2.45, 2.75) is 36.6 Å². The van der Waals surface area contributed by atoms with Crippen molar-refractivity contribution in [3.63, 3.8) is 0 Å². The minimum absolute atomic E-state index is 0. The Kier molecular flexibility index (Phi) is 16.5. The molecular formula is C53H45CuN15O8S3. The van der Waals surface area contributed by atoms with Crippen molar-refractivity contribution >= 4 is 86.4 Å². The van der Waals surface area contributed by atoms with Crippen LogP contribution in [-0.2, 0) is 60.3 Å². The van der Waals surface area contributed by atoms with Gasteiger partial charge < -0.3 is 40.5 Å². The molecule has 5 aromatic heterocycles. The number of hydrogen-bond donors (Lipinski definition) is 5. The molecule has 80 heavy (non-hydrogen) atoms. The van der Waals surface area contributed by atoms with Crippen LogP contribution in [0.25, 0.3) is 89.8 Å². The maximum atomic E-state index is 11.9. The topological polar surface area (TPSA) is 336 Å². The largest absolute Gasteiger partial charge is 2.00 e. The van der Waals surface area contributed by atoms with Crippen LogP contribution in [0.4, 0.5) is 11.9 Å². The molecule has 0 atom stereocenters. The van der Waals surface area contributed by atoms with E-state index in [0.29, 0.717) is 57.9 Å². The molecule has 0 unspecified atom stereocenters. The van der Waals surface area contributed by atoms with E-state index < -0.39 is 40.1 Å². The Morgan fingerprint density at radius 3 is 1.52 bits per heavy atom. The van der Waals surface area contributed by atoms with Gasteiger partial charge in [0.25, 0.3) is 20.2 Å². The molecule has 5 aromatic carbocycles. The van der Waals surface area contributed by atoms with Crippen molar-refractivity contribution in [1.29, 1.82) is 0 Å². The molecule has 2 aliphatic heterocycles. The zero-order chi connectivity index (χ0) is 55.5. The van der Waals surface area contributed by atoms with Gasteiger partial charge in [0, 0.05) is 82.5 Å². The minimum Gasteiger partial charge on any atom is -0.357 e. The number of nitrogens with zero attached hydrogens (tertiary/aromatic N) is 12. The third kappa shape index (κ3) is 12.5. The molecule has 2 aliphatic rings. The molecule has 409 valence electrons. The maximum Gasteiger partial charge on any atom is 2.00 e. The number of fused-ring (bicyclic) bond motifs is 20. The zero-order valence-corrected chi connectivity index (χ0v) is 45.7. The summed E-state index contributed by atoms with van der Waals surface area (Å²) in [6.07, 6.45) is 2.37. The molecule has 8 bridgehead atoms. The predicted molar refractivity (Wildman–Crippen MR) is 297 cm³/mol. The first-order chi connectivity index (χ1) is 38.0. The molecule has 10 aromatic rings. The standard InChI is InChI=1S/C31H15N9.C20H24N6O8S3.C2H6.Cu/c1-2-9-17-16(8-1)24-33-25(17)35-27-20-12-5-6-13-21(20)29(37-27)39-31-23-22(14-7-15-32-23)30(40-31)38-28-19-11-4-3-10-18(19)26(34-24)36-28;1-35(27,28)23-10-9-21-19-24-18(25-20(26-19)22-13-14-5-3-2-4-6-14)12-15-11-16(36(29,30)31)7-8-17(15)37(32,33)34;1-2;/h1-15H;2-8,11,23H,9-10,12-13H2,1H3,(H,29,30,31)(H,32,33,34)(H2,21,22,24,25,26);1-2H3;/q-2;;;+2. The van der Waals surface area contributed by atoms with E-state index >= 15 is 0 Å². The summed E-state index contributed by atoms with van der Waals surface area (Å²) < 4.78 is 90.7. The van der Waals surface area contributed by atoms with Gasteiger partial charge in [-0.05, 0) is 46.2 Å². The number of sulfonamides is 1. The summed E-state index contributed by atoms with van der Waals surface area (Å²) in [4.78, 5) is 55.1. The van der Waals surface area contributed by atoms with Crippen LogP contribution >= 0.6 is 0 Å². The number of aromatic nitrogens is 12. The molecule has 0 fully saturated rings. The van der Waals surface area contributed by atoms with Crippen LogP contribution in [0.3, 0.4) is 0 Å². The summed E-state index contributed by atoms with van der Waals surface area (Å²) >= 11 is 0. The van der Waals surface area contributed by atoms with E-state index in [0.717, 1.165) is 68.4 Å². The maximum absolute atomic E-state index is 11.9. The van der Waals surface area contributed by atoms with Crippen LogP contribution in [0.15, 0.2) is 149 Å². The van der Waals surface area contributed by atoms with E-state index in [1.54, 1.807) is 6.20 Å². The van der Waals surface area contributed by atoms with E-state index in [9.17, 15) is 34.4 Å². The molecule has 27 heteroatoms. The van der Waals surface area contributed by atoms with E-state index in [2.05, 4.69) is 35.3 Å². The van der Waals surface area contributed by atoms with Gasteiger partial charge in [-0.15, -0.1) is 0 Å². The van der Waals surface area contributed by atoms with Crippen LogP contribution < -0.4 is 25.3 Å². The zero-order valence-electron chi connectivity index (χ0n) is 42.3. The summed E-state index contributed by atoms with van der Waals surface area (Å²) in [6.45, 7) is 4.45. The Bertz CT molecular complexity index is 4200. The Balaban J connectivity index is 0.000000187. The first-order valence-electron chi connectivity index (χ1n) is 24.2. The molecule has 0 saturated carbocycles. The van der Waals surface area contributed by atoms with Crippen molar-refractivity contribution < 1.29 is 51.4 Å². The molecule has 0 aliphatic carbocycles. The van der Waals surface area contributed by atoms with Crippen molar-refractivity contribution in [3.05, 3.63) is 157 Å². The Morgan fingerprint density at radius 1 is 0.500 bits per heavy atom. The Morgan fingerprint density at radius 2 is 0.988 bits per heavy atom. The normalized spacial score (nSPS) is 11.8. The van der Waals surface area contributed by atoms with Crippen LogP contribution in [0, 0.1) is 0 Å². The summed E-state index contributed by atoms with van der Waals surface area (Å²) in [5.74, 6) is 2.20. The molecule has 23 nitrogen and oxygen atoms in total. The second-order valence-corrected chi connectivity index (χ2v) is 21.9. The van der Waals surface area contributed by atoms with Gasteiger partial charge in [0.1, 0.15) is 5.82 Å². The van der Waals surface area contributed by atoms with Gasteiger partial charge in [0.2, 0.25) is 21.9 Å². The van der Waals surface area contributed by atoms with Crippen molar-refractivity contribution in [3.8, 4) is 45.6 Å². The van der Waals surface area contributed by atoms with Crippen molar-refractivity contribution in [2.24, 2.45) is 0 Å². The van der Waals surface area contributed by atoms with Crippen LogP contribution in [0.5, 0.6) is 0 Å². The minimum atomic E-state index is -4.76. The molecular weight excluding hydrogens is 1130 g/mol. The van der Waals surface area contributed by atoms with Gasteiger partial charge >= 0.3 is 17.1 Å². The predicted octanol–water partition coefficient (Wildman–Crippen LogP) is 7.08. The van der Waals surface area contributed by atoms with E-state index in [4.69, 9.17) is 39.9 Å². The van der Waals surface area contributed by atoms with Crippen molar-refractivity contribution in [1.82, 2.24) is 64.5 Å². The molecule has 1 radical (unpaired) electrons. The number of benzene rings is 5. The Labute approximate surface area is 468 Å². The summed E-state index contributed by atoms with van der Waals surface area (Å²) in [5, 5.41) is 8.39. The summed E-state index contributed by atoms with van der Waals surface area (Å²) in [7, 11) is -12.8. The van der Waals surface area contributed by atoms with Gasteiger partial charge in [0.15, 0.2) is 0 Å². The van der Waals surface area contributed by atoms with Gasteiger partial charge in [-0.25, -0.2) is 23.1 Å². The van der Waals surface area contributed by atoms with Crippen molar-refractivity contribution in [2.75, 3.05) is 30.0 Å². The number of nitrogens with one attached hydrogen (secondary N) is 3. The van der Waals surface area contributed by atoms with Crippen LogP contribution in [-0.4, -0.2) is 104 Å². The van der Waals surface area contributed by atoms with Gasteiger partial charge in [0.05, 0.1) is 44.9 Å². The molecule has 12 rings (SSSR count). The van der Waals surface area contributed by atoms with Gasteiger partial charge in [-0.3, -0.25) is 14.1 Å². The molecule has 0 spiro atoms. The van der Waals surface area contributed by atoms with E-state index in [-0.39, 0.29) is 59.9 Å². The molecule has 0 saturated heterocycles. The number of pyridine rings is 1. The first-order valence-corrected chi connectivity index (χ1v) is 29.0. The van der Waals surface area contributed by atoms with Gasteiger partial charge in [-0.1, -0.05) is 123 Å². The number of anilines is 2. The van der Waals surface area contributed by atoms with E-state index in [1.807, 2.05) is 129 Å². The SMILES string of the molecule is CC.CS(=O)(=O)NCCNc1nc(Cc2cc(S(=O)(=O)O)ccc2S(=O)(=O)O)nc(NCc2ccccc2)n1.[Cu+2].c1ccc2c(c1)-c1nc-2nc2[n-]c(nc3nc(nc4[n-]c(n1)c1ccccc41)-c1ccccc1-3)c1ncccc21. The smallest absolute Gasteiger partial charge is 0.357 e. The number of hydrogen-bond acceptors (Lipinski definition) is 18. The Hall–Kier alpha value is -8.53. The fourth-order valence-electron chi connectivity index (χ4n) is 8.46. The monoisotopic (exact) mass is 1180 g/mol. The third-order valence-corrected chi connectivity index (χ3v) is 14.4. The second-order valence-electron chi connectivity index (χ2n) is 17.2. The second kappa shape index (κ2) is 23.4. The molecule has 0 amide bonds. The quantitative estimate of drug-likeness (QED) is 0.0463. The third-order valence-electron chi connectivity index (χ3n) is 11.9. The fraction of sp³-hybridized carbons (Fsp3) is 0.132. The average Bonchev–Trinajstić information content (AvgIpc) is 4.20. The van der Waals surface area contributed by atoms with E-state index in [1.165, 1.54) is 0 Å².